The third-order valence-corrected chi connectivity index (χ3v) is 2.81. The molecule has 2 N–H and O–H groups in total. The molecule has 1 unspecified atom stereocenters. The van der Waals surface area contributed by atoms with Crippen LogP contribution in [0.5, 0.6) is 5.75 Å². The number of hydrogen-bond donors (Lipinski definition) is 1. The van der Waals surface area contributed by atoms with E-state index in [1.807, 2.05) is 0 Å². The van der Waals surface area contributed by atoms with Crippen molar-refractivity contribution in [3.63, 3.8) is 0 Å². The van der Waals surface area contributed by atoms with Crippen LogP contribution in [0.25, 0.3) is 0 Å². The summed E-state index contributed by atoms with van der Waals surface area (Å²) in [6.45, 7) is 1.71. The van der Waals surface area contributed by atoms with Crippen LogP contribution in [0, 0.1) is 17.6 Å². The predicted molar refractivity (Wildman–Crippen MR) is 59.8 cm³/mol. The van der Waals surface area contributed by atoms with Crippen LogP contribution in [0.3, 0.4) is 0 Å². The minimum Gasteiger partial charge on any atom is -0.490 e. The van der Waals surface area contributed by atoms with E-state index in [1.54, 1.807) is 0 Å². The number of hydrogen-bond acceptors (Lipinski definition) is 3. The Kier molecular flexibility index (Phi) is 3.78. The van der Waals surface area contributed by atoms with Crippen LogP contribution in [-0.4, -0.2) is 19.8 Å². The van der Waals surface area contributed by atoms with E-state index in [9.17, 15) is 8.78 Å². The van der Waals surface area contributed by atoms with E-state index in [2.05, 4.69) is 0 Å². The van der Waals surface area contributed by atoms with Gasteiger partial charge in [0.05, 0.1) is 18.9 Å². The summed E-state index contributed by atoms with van der Waals surface area (Å²) >= 11 is 0. The van der Waals surface area contributed by atoms with Gasteiger partial charge in [0.15, 0.2) is 11.6 Å². The second kappa shape index (κ2) is 5.31. The molecule has 0 amide bonds. The molecule has 1 heterocycles. The van der Waals surface area contributed by atoms with E-state index >= 15 is 0 Å². The highest BCUT2D eigenvalue weighted by Crippen LogP contribution is 2.25. The van der Waals surface area contributed by atoms with Crippen molar-refractivity contribution in [2.24, 2.45) is 5.92 Å². The fourth-order valence-electron chi connectivity index (χ4n) is 1.80. The van der Waals surface area contributed by atoms with E-state index < -0.39 is 11.6 Å². The molecule has 1 saturated heterocycles. The van der Waals surface area contributed by atoms with Crippen LogP contribution < -0.4 is 10.5 Å². The maximum Gasteiger partial charge on any atom is 0.202 e. The van der Waals surface area contributed by atoms with Gasteiger partial charge in [-0.05, 0) is 25.0 Å². The van der Waals surface area contributed by atoms with E-state index in [-0.39, 0.29) is 17.4 Å². The Balaban J connectivity index is 1.96. The summed E-state index contributed by atoms with van der Waals surface area (Å²) < 4.78 is 37.1. The van der Waals surface area contributed by atoms with Gasteiger partial charge in [0.2, 0.25) is 5.82 Å². The lowest BCUT2D eigenvalue weighted by Gasteiger charge is -2.22. The number of benzene rings is 1. The molecular formula is C12H15F2NO2. The lowest BCUT2D eigenvalue weighted by atomic mass is 10.0. The molecule has 1 aliphatic heterocycles. The first-order valence-electron chi connectivity index (χ1n) is 5.62. The maximum atomic E-state index is 13.4. The van der Waals surface area contributed by atoms with Crippen molar-refractivity contribution in [1.82, 2.24) is 0 Å². The van der Waals surface area contributed by atoms with Crippen molar-refractivity contribution in [2.45, 2.75) is 12.8 Å². The second-order valence-corrected chi connectivity index (χ2v) is 4.18. The molecule has 1 aromatic rings. The van der Waals surface area contributed by atoms with Gasteiger partial charge < -0.3 is 15.2 Å². The molecule has 0 aromatic heterocycles. The summed E-state index contributed by atoms with van der Waals surface area (Å²) in [5.41, 5.74) is 5.03. The standard InChI is InChI=1S/C12H15F2NO2/c13-11-9(15)3-4-10(12(11)14)17-7-8-2-1-5-16-6-8/h3-4,8H,1-2,5-7,15H2. The van der Waals surface area contributed by atoms with Crippen LogP contribution in [0.4, 0.5) is 14.5 Å². The van der Waals surface area contributed by atoms with Crippen LogP contribution in [0.2, 0.25) is 0 Å². The van der Waals surface area contributed by atoms with Gasteiger partial charge in [-0.1, -0.05) is 0 Å². The minimum atomic E-state index is -1.05. The number of halogens is 2. The van der Waals surface area contributed by atoms with Gasteiger partial charge in [-0.2, -0.15) is 4.39 Å². The van der Waals surface area contributed by atoms with Crippen LogP contribution in [-0.2, 0) is 4.74 Å². The first-order chi connectivity index (χ1) is 8.18. The average Bonchev–Trinajstić information content (AvgIpc) is 2.36. The minimum absolute atomic E-state index is 0.0951. The summed E-state index contributed by atoms with van der Waals surface area (Å²) in [5, 5.41) is 0. The number of ether oxygens (including phenoxy) is 2. The molecule has 3 nitrogen and oxygen atoms in total. The second-order valence-electron chi connectivity index (χ2n) is 4.18. The van der Waals surface area contributed by atoms with Crippen molar-refractivity contribution in [3.8, 4) is 5.75 Å². The summed E-state index contributed by atoms with van der Waals surface area (Å²) in [6.07, 6.45) is 1.96. The van der Waals surface area contributed by atoms with E-state index in [4.69, 9.17) is 15.2 Å². The summed E-state index contributed by atoms with van der Waals surface area (Å²) in [4.78, 5) is 0. The fourth-order valence-corrected chi connectivity index (χ4v) is 1.80. The molecule has 94 valence electrons. The first-order valence-corrected chi connectivity index (χ1v) is 5.62. The topological polar surface area (TPSA) is 44.5 Å². The molecule has 1 aromatic carbocycles. The van der Waals surface area contributed by atoms with Gasteiger partial charge in [0, 0.05) is 12.5 Å². The van der Waals surface area contributed by atoms with Crippen molar-refractivity contribution in [1.29, 1.82) is 0 Å². The van der Waals surface area contributed by atoms with Gasteiger partial charge in [-0.3, -0.25) is 0 Å². The number of anilines is 1. The largest absolute Gasteiger partial charge is 0.490 e. The maximum absolute atomic E-state index is 13.4. The average molecular weight is 243 g/mol. The monoisotopic (exact) mass is 243 g/mol. The zero-order valence-electron chi connectivity index (χ0n) is 9.42. The highest BCUT2D eigenvalue weighted by molar-refractivity contribution is 5.44. The Bertz CT molecular complexity index is 392. The molecule has 0 radical (unpaired) electrons. The van der Waals surface area contributed by atoms with Crippen molar-refractivity contribution in [3.05, 3.63) is 23.8 Å². The third kappa shape index (κ3) is 2.85. The van der Waals surface area contributed by atoms with Gasteiger partial charge >= 0.3 is 0 Å². The Morgan fingerprint density at radius 1 is 1.35 bits per heavy atom. The Morgan fingerprint density at radius 3 is 2.88 bits per heavy atom. The molecule has 0 saturated carbocycles. The normalized spacial score (nSPS) is 20.2. The Labute approximate surface area is 98.5 Å². The molecule has 17 heavy (non-hydrogen) atoms. The molecule has 0 spiro atoms. The summed E-state index contributed by atoms with van der Waals surface area (Å²) in [5.74, 6) is -1.94. The molecule has 0 aliphatic carbocycles. The van der Waals surface area contributed by atoms with Crippen molar-refractivity contribution >= 4 is 5.69 Å². The summed E-state index contributed by atoms with van der Waals surface area (Å²) in [6, 6.07) is 2.64. The molecule has 0 bridgehead atoms. The first kappa shape index (κ1) is 12.1. The van der Waals surface area contributed by atoms with Crippen molar-refractivity contribution < 1.29 is 18.3 Å². The number of nitrogen functional groups attached to an aromatic ring is 1. The fraction of sp³-hybridized carbons (Fsp3) is 0.500. The van der Waals surface area contributed by atoms with E-state index in [0.717, 1.165) is 19.4 Å². The molecular weight excluding hydrogens is 228 g/mol. The van der Waals surface area contributed by atoms with Crippen LogP contribution >= 0.6 is 0 Å². The van der Waals surface area contributed by atoms with Crippen molar-refractivity contribution in [2.75, 3.05) is 25.6 Å². The molecule has 1 aliphatic rings. The highest BCUT2D eigenvalue weighted by Gasteiger charge is 2.17. The lowest BCUT2D eigenvalue weighted by Crippen LogP contribution is -2.23. The highest BCUT2D eigenvalue weighted by atomic mass is 19.2. The molecule has 2 rings (SSSR count). The SMILES string of the molecule is Nc1ccc(OCC2CCCOC2)c(F)c1F. The zero-order valence-corrected chi connectivity index (χ0v) is 9.42. The summed E-state index contributed by atoms with van der Waals surface area (Å²) in [7, 11) is 0. The van der Waals surface area contributed by atoms with Crippen LogP contribution in [0.1, 0.15) is 12.8 Å². The van der Waals surface area contributed by atoms with E-state index in [1.165, 1.54) is 12.1 Å². The smallest absolute Gasteiger partial charge is 0.202 e. The van der Waals surface area contributed by atoms with E-state index in [0.29, 0.717) is 13.2 Å². The van der Waals surface area contributed by atoms with Crippen LogP contribution in [0.15, 0.2) is 12.1 Å². The van der Waals surface area contributed by atoms with Gasteiger partial charge in [-0.15, -0.1) is 0 Å². The number of nitrogens with two attached hydrogens (primary N) is 1. The molecule has 1 atom stereocenters. The number of rotatable bonds is 3. The lowest BCUT2D eigenvalue weighted by molar-refractivity contribution is 0.0344. The Morgan fingerprint density at radius 2 is 2.18 bits per heavy atom. The Hall–Kier alpha value is -1.36. The van der Waals surface area contributed by atoms with Gasteiger partial charge in [-0.25, -0.2) is 4.39 Å². The quantitative estimate of drug-likeness (QED) is 0.829. The predicted octanol–water partition coefficient (Wildman–Crippen LogP) is 2.35. The molecule has 5 heteroatoms. The van der Waals surface area contributed by atoms with Gasteiger partial charge in [0.25, 0.3) is 0 Å². The third-order valence-electron chi connectivity index (χ3n) is 2.81. The van der Waals surface area contributed by atoms with Gasteiger partial charge in [0.1, 0.15) is 0 Å². The molecule has 1 fully saturated rings. The zero-order chi connectivity index (χ0) is 12.3.